The van der Waals surface area contributed by atoms with Crippen LogP contribution in [0.25, 0.3) is 0 Å². The van der Waals surface area contributed by atoms with Gasteiger partial charge in [-0.2, -0.15) is 0 Å². The molecule has 0 heterocycles. The number of halogens is 1. The highest BCUT2D eigenvalue weighted by molar-refractivity contribution is 7.89. The van der Waals surface area contributed by atoms with Crippen LogP contribution in [-0.4, -0.2) is 20.9 Å². The molecular weight excluding hydrogens is 366 g/mol. The molecule has 0 aromatic heterocycles. The summed E-state index contributed by atoms with van der Waals surface area (Å²) in [6.07, 6.45) is 0. The molecule has 0 saturated carbocycles. The van der Waals surface area contributed by atoms with Crippen molar-refractivity contribution < 1.29 is 17.9 Å². The molecule has 0 spiro atoms. The maximum atomic E-state index is 12.5. The van der Waals surface area contributed by atoms with Gasteiger partial charge in [0.1, 0.15) is 5.75 Å². The first-order chi connectivity index (χ1) is 11.8. The van der Waals surface area contributed by atoms with Crippen LogP contribution in [0.15, 0.2) is 53.4 Å². The lowest BCUT2D eigenvalue weighted by molar-refractivity contribution is -0.123. The first-order valence-corrected chi connectivity index (χ1v) is 9.18. The van der Waals surface area contributed by atoms with Crippen molar-refractivity contribution in [2.75, 3.05) is 6.61 Å². The molecule has 0 aliphatic heterocycles. The molecule has 0 bridgehead atoms. The van der Waals surface area contributed by atoms with Gasteiger partial charge in [-0.25, -0.2) is 19.0 Å². The molecule has 134 valence electrons. The van der Waals surface area contributed by atoms with Crippen molar-refractivity contribution in [3.63, 3.8) is 0 Å². The van der Waals surface area contributed by atoms with Crippen molar-refractivity contribution >= 4 is 27.5 Å². The quantitative estimate of drug-likeness (QED) is 0.383. The third-order valence-corrected chi connectivity index (χ3v) is 5.20. The molecule has 2 rings (SSSR count). The van der Waals surface area contributed by atoms with E-state index in [1.165, 1.54) is 18.2 Å². The summed E-state index contributed by atoms with van der Waals surface area (Å²) in [5.41, 5.74) is 2.75. The smallest absolute Gasteiger partial charge is 0.271 e. The SMILES string of the molecule is C[C@H](NS(=O)(=O)c1ccc(OCC(=O)NN)c(Cl)c1)c1ccccc1. The highest BCUT2D eigenvalue weighted by atomic mass is 35.5. The van der Waals surface area contributed by atoms with Crippen LogP contribution in [-0.2, 0) is 14.8 Å². The maximum Gasteiger partial charge on any atom is 0.271 e. The van der Waals surface area contributed by atoms with E-state index in [1.54, 1.807) is 6.92 Å². The molecule has 1 atom stereocenters. The Kier molecular flexibility index (Phi) is 6.38. The Hall–Kier alpha value is -2.13. The molecule has 25 heavy (non-hydrogen) atoms. The molecule has 4 N–H and O–H groups in total. The second-order valence-electron chi connectivity index (χ2n) is 5.20. The number of carbonyl (C=O) groups excluding carboxylic acids is 1. The normalized spacial score (nSPS) is 12.4. The molecule has 0 fully saturated rings. The summed E-state index contributed by atoms with van der Waals surface area (Å²) >= 11 is 6.04. The van der Waals surface area contributed by atoms with Crippen molar-refractivity contribution in [3.8, 4) is 5.75 Å². The molecule has 0 saturated heterocycles. The third-order valence-electron chi connectivity index (χ3n) is 3.36. The standard InChI is InChI=1S/C16H18ClN3O4S/c1-11(12-5-3-2-4-6-12)20-25(22,23)13-7-8-15(14(17)9-13)24-10-16(21)19-18/h2-9,11,20H,10,18H2,1H3,(H,19,21)/t11-/m0/s1. The highest BCUT2D eigenvalue weighted by Gasteiger charge is 2.20. The van der Waals surface area contributed by atoms with Gasteiger partial charge in [0, 0.05) is 6.04 Å². The first kappa shape index (κ1) is 19.2. The van der Waals surface area contributed by atoms with Crippen molar-refractivity contribution in [1.29, 1.82) is 0 Å². The Bertz CT molecular complexity index is 844. The van der Waals surface area contributed by atoms with E-state index in [2.05, 4.69) is 4.72 Å². The molecule has 0 aliphatic rings. The van der Waals surface area contributed by atoms with Gasteiger partial charge in [-0.15, -0.1) is 0 Å². The molecule has 0 unspecified atom stereocenters. The zero-order chi connectivity index (χ0) is 18.4. The Labute approximate surface area is 151 Å². The molecule has 2 aromatic carbocycles. The summed E-state index contributed by atoms with van der Waals surface area (Å²) in [4.78, 5) is 11.1. The number of rotatable bonds is 7. The van der Waals surface area contributed by atoms with Gasteiger partial charge >= 0.3 is 0 Å². The second kappa shape index (κ2) is 8.30. The minimum absolute atomic E-state index is 0.00379. The van der Waals surface area contributed by atoms with E-state index in [4.69, 9.17) is 22.2 Å². The van der Waals surface area contributed by atoms with E-state index in [0.717, 1.165) is 5.56 Å². The van der Waals surface area contributed by atoms with E-state index >= 15 is 0 Å². The number of hydrogen-bond acceptors (Lipinski definition) is 5. The van der Waals surface area contributed by atoms with E-state index in [-0.39, 0.29) is 22.3 Å². The van der Waals surface area contributed by atoms with Crippen LogP contribution >= 0.6 is 11.6 Å². The van der Waals surface area contributed by atoms with Crippen LogP contribution in [0.2, 0.25) is 5.02 Å². The minimum Gasteiger partial charge on any atom is -0.482 e. The van der Waals surface area contributed by atoms with Gasteiger partial charge in [0.15, 0.2) is 6.61 Å². The van der Waals surface area contributed by atoms with E-state index in [1.807, 2.05) is 35.8 Å². The van der Waals surface area contributed by atoms with Gasteiger partial charge in [-0.1, -0.05) is 41.9 Å². The Morgan fingerprint density at radius 2 is 1.92 bits per heavy atom. The van der Waals surface area contributed by atoms with Gasteiger partial charge in [-0.05, 0) is 30.7 Å². The van der Waals surface area contributed by atoms with Gasteiger partial charge in [0.05, 0.1) is 9.92 Å². The predicted molar refractivity (Wildman–Crippen MR) is 94.5 cm³/mol. The topological polar surface area (TPSA) is 111 Å². The van der Waals surface area contributed by atoms with E-state index < -0.39 is 22.0 Å². The average molecular weight is 384 g/mol. The third kappa shape index (κ3) is 5.17. The van der Waals surface area contributed by atoms with Gasteiger partial charge in [0.2, 0.25) is 10.0 Å². The van der Waals surface area contributed by atoms with Gasteiger partial charge in [-0.3, -0.25) is 10.2 Å². The predicted octanol–water partition coefficient (Wildman–Crippen LogP) is 1.75. The lowest BCUT2D eigenvalue weighted by Crippen LogP contribution is -2.34. The zero-order valence-corrected chi connectivity index (χ0v) is 15.0. The number of sulfonamides is 1. The highest BCUT2D eigenvalue weighted by Crippen LogP contribution is 2.28. The van der Waals surface area contributed by atoms with E-state index in [9.17, 15) is 13.2 Å². The zero-order valence-electron chi connectivity index (χ0n) is 13.4. The first-order valence-electron chi connectivity index (χ1n) is 7.32. The number of nitrogens with two attached hydrogens (primary N) is 1. The number of carbonyl (C=O) groups is 1. The molecule has 1 amide bonds. The molecule has 7 nitrogen and oxygen atoms in total. The lowest BCUT2D eigenvalue weighted by Gasteiger charge is -2.15. The van der Waals surface area contributed by atoms with Gasteiger partial charge in [0.25, 0.3) is 5.91 Å². The van der Waals surface area contributed by atoms with Crippen LogP contribution < -0.4 is 20.7 Å². The maximum absolute atomic E-state index is 12.5. The fourth-order valence-electron chi connectivity index (χ4n) is 2.06. The van der Waals surface area contributed by atoms with Crippen LogP contribution in [0, 0.1) is 0 Å². The van der Waals surface area contributed by atoms with Crippen LogP contribution in [0.1, 0.15) is 18.5 Å². The Balaban J connectivity index is 2.14. The summed E-state index contributed by atoms with van der Waals surface area (Å²) in [6.45, 7) is 1.42. The lowest BCUT2D eigenvalue weighted by atomic mass is 10.1. The summed E-state index contributed by atoms with van der Waals surface area (Å²) in [6, 6.07) is 12.8. The summed E-state index contributed by atoms with van der Waals surface area (Å²) < 4.78 is 32.8. The van der Waals surface area contributed by atoms with Crippen LogP contribution in [0.4, 0.5) is 0 Å². The average Bonchev–Trinajstić information content (AvgIpc) is 2.60. The van der Waals surface area contributed by atoms with Crippen molar-refractivity contribution in [3.05, 3.63) is 59.1 Å². The monoisotopic (exact) mass is 383 g/mol. The Morgan fingerprint density at radius 1 is 1.24 bits per heavy atom. The minimum atomic E-state index is -3.77. The second-order valence-corrected chi connectivity index (χ2v) is 7.32. The fourth-order valence-corrected chi connectivity index (χ4v) is 3.62. The Morgan fingerprint density at radius 3 is 2.52 bits per heavy atom. The number of hydrogen-bond donors (Lipinski definition) is 3. The van der Waals surface area contributed by atoms with Crippen molar-refractivity contribution in [1.82, 2.24) is 10.1 Å². The number of benzene rings is 2. The van der Waals surface area contributed by atoms with Crippen LogP contribution in [0.5, 0.6) is 5.75 Å². The molecule has 0 radical (unpaired) electrons. The number of ether oxygens (including phenoxy) is 1. The van der Waals surface area contributed by atoms with Gasteiger partial charge < -0.3 is 4.74 Å². The number of nitrogens with one attached hydrogen (secondary N) is 2. The molecule has 9 heteroatoms. The summed E-state index contributed by atoms with van der Waals surface area (Å²) in [5, 5.41) is 0.0695. The fraction of sp³-hybridized carbons (Fsp3) is 0.188. The molecular formula is C16H18ClN3O4S. The van der Waals surface area contributed by atoms with Crippen molar-refractivity contribution in [2.24, 2.45) is 5.84 Å². The van der Waals surface area contributed by atoms with Crippen LogP contribution in [0.3, 0.4) is 0 Å². The number of amides is 1. The van der Waals surface area contributed by atoms with E-state index in [0.29, 0.717) is 0 Å². The van der Waals surface area contributed by atoms with Crippen molar-refractivity contribution in [2.45, 2.75) is 17.9 Å². The summed E-state index contributed by atoms with van der Waals surface area (Å²) in [7, 11) is -3.77. The largest absolute Gasteiger partial charge is 0.482 e. The summed E-state index contributed by atoms with van der Waals surface area (Å²) in [5.74, 6) is 4.59. The molecule has 0 aliphatic carbocycles. The number of hydrazine groups is 1. The molecule has 2 aromatic rings.